The molecule has 0 radical (unpaired) electrons. The van der Waals surface area contributed by atoms with Crippen LogP contribution in [0.5, 0.6) is 0 Å². The van der Waals surface area contributed by atoms with E-state index < -0.39 is 0 Å². The van der Waals surface area contributed by atoms with Crippen LogP contribution in [-0.2, 0) is 19.1 Å². The van der Waals surface area contributed by atoms with Crippen LogP contribution in [0.3, 0.4) is 0 Å². The Bertz CT molecular complexity index is 674. The molecule has 1 aromatic heterocycles. The molecular weight excluding hydrogens is 402 g/mol. The number of amides is 2. The molecule has 2 heterocycles. The second-order valence-corrected chi connectivity index (χ2v) is 8.71. The Labute approximate surface area is 173 Å². The number of nitrogens with one attached hydrogen (secondary N) is 1. The standard InChI is InChI=1S/C17H27N5O4S2/c1-4-26-15(25)6-5-14(24)21-7-9-22(10-8-21)16-19-20-17(28-16)27-11-13(23)18-12(2)3/h12H,4-11H2,1-3H3,(H,18,23). The largest absolute Gasteiger partial charge is 0.466 e. The Kier molecular flexibility index (Phi) is 8.97. The first kappa shape index (κ1) is 22.4. The van der Waals surface area contributed by atoms with Crippen molar-refractivity contribution in [2.45, 2.75) is 44.0 Å². The molecule has 1 aliphatic heterocycles. The fourth-order valence-corrected chi connectivity index (χ4v) is 4.33. The number of rotatable bonds is 9. The fraction of sp³-hybridized carbons (Fsp3) is 0.706. The first-order chi connectivity index (χ1) is 13.4. The SMILES string of the molecule is CCOC(=O)CCC(=O)N1CCN(c2nnc(SCC(=O)NC(C)C)s2)CC1. The van der Waals surface area contributed by atoms with E-state index >= 15 is 0 Å². The third-order valence-corrected chi connectivity index (χ3v) is 6.04. The molecule has 1 aliphatic rings. The average Bonchev–Trinajstić information content (AvgIpc) is 3.13. The summed E-state index contributed by atoms with van der Waals surface area (Å²) in [5.74, 6) is -0.0743. The molecule has 156 valence electrons. The predicted octanol–water partition coefficient (Wildman–Crippen LogP) is 1.15. The minimum atomic E-state index is -0.338. The number of hydrogen-bond donors (Lipinski definition) is 1. The topological polar surface area (TPSA) is 105 Å². The zero-order valence-corrected chi connectivity index (χ0v) is 18.1. The van der Waals surface area contributed by atoms with E-state index in [9.17, 15) is 14.4 Å². The van der Waals surface area contributed by atoms with Gasteiger partial charge < -0.3 is 19.9 Å². The average molecular weight is 430 g/mol. The molecule has 11 heteroatoms. The van der Waals surface area contributed by atoms with Crippen LogP contribution >= 0.6 is 23.1 Å². The summed E-state index contributed by atoms with van der Waals surface area (Å²) in [4.78, 5) is 39.2. The lowest BCUT2D eigenvalue weighted by molar-refractivity contribution is -0.145. The zero-order chi connectivity index (χ0) is 20.5. The van der Waals surface area contributed by atoms with Gasteiger partial charge in [0.1, 0.15) is 0 Å². The predicted molar refractivity (Wildman–Crippen MR) is 109 cm³/mol. The summed E-state index contributed by atoms with van der Waals surface area (Å²) < 4.78 is 5.60. The molecule has 1 fully saturated rings. The van der Waals surface area contributed by atoms with E-state index in [0.29, 0.717) is 38.5 Å². The quantitative estimate of drug-likeness (QED) is 0.460. The third kappa shape index (κ3) is 7.27. The Balaban J connectivity index is 1.74. The van der Waals surface area contributed by atoms with E-state index in [-0.39, 0.29) is 36.7 Å². The first-order valence-corrected chi connectivity index (χ1v) is 11.1. The smallest absolute Gasteiger partial charge is 0.306 e. The summed E-state index contributed by atoms with van der Waals surface area (Å²) >= 11 is 2.82. The van der Waals surface area contributed by atoms with Crippen molar-refractivity contribution in [1.29, 1.82) is 0 Å². The molecule has 1 N–H and O–H groups in total. The van der Waals surface area contributed by atoms with Crippen molar-refractivity contribution in [3.63, 3.8) is 0 Å². The number of piperazine rings is 1. The number of carbonyl (C=O) groups excluding carboxylic acids is 3. The Morgan fingerprint density at radius 2 is 1.89 bits per heavy atom. The van der Waals surface area contributed by atoms with Gasteiger partial charge in [0.2, 0.25) is 16.9 Å². The van der Waals surface area contributed by atoms with Gasteiger partial charge in [-0.3, -0.25) is 14.4 Å². The monoisotopic (exact) mass is 429 g/mol. The van der Waals surface area contributed by atoms with Gasteiger partial charge in [0, 0.05) is 38.6 Å². The van der Waals surface area contributed by atoms with Crippen LogP contribution in [0.4, 0.5) is 5.13 Å². The number of hydrogen-bond acceptors (Lipinski definition) is 9. The number of ether oxygens (including phenoxy) is 1. The van der Waals surface area contributed by atoms with Gasteiger partial charge >= 0.3 is 5.97 Å². The van der Waals surface area contributed by atoms with Crippen LogP contribution in [0, 0.1) is 0 Å². The molecular formula is C17H27N5O4S2. The van der Waals surface area contributed by atoms with Crippen molar-refractivity contribution in [1.82, 2.24) is 20.4 Å². The summed E-state index contributed by atoms with van der Waals surface area (Å²) in [7, 11) is 0. The molecule has 0 aromatic carbocycles. The van der Waals surface area contributed by atoms with Gasteiger partial charge in [-0.1, -0.05) is 23.1 Å². The lowest BCUT2D eigenvalue weighted by atomic mass is 10.2. The number of anilines is 1. The summed E-state index contributed by atoms with van der Waals surface area (Å²) in [6, 6.07) is 0.120. The number of carbonyl (C=O) groups is 3. The molecule has 0 aliphatic carbocycles. The molecule has 0 unspecified atom stereocenters. The highest BCUT2D eigenvalue weighted by molar-refractivity contribution is 8.01. The third-order valence-electron chi connectivity index (χ3n) is 3.92. The molecule has 28 heavy (non-hydrogen) atoms. The summed E-state index contributed by atoms with van der Waals surface area (Å²) in [6.07, 6.45) is 0.297. The maximum Gasteiger partial charge on any atom is 0.306 e. The maximum atomic E-state index is 12.2. The Morgan fingerprint density at radius 3 is 2.54 bits per heavy atom. The van der Waals surface area contributed by atoms with E-state index in [1.165, 1.54) is 23.1 Å². The lowest BCUT2D eigenvalue weighted by Crippen LogP contribution is -2.48. The fourth-order valence-electron chi connectivity index (χ4n) is 2.63. The Morgan fingerprint density at radius 1 is 1.18 bits per heavy atom. The molecule has 0 atom stereocenters. The van der Waals surface area contributed by atoms with Gasteiger partial charge in [0.15, 0.2) is 4.34 Å². The highest BCUT2D eigenvalue weighted by atomic mass is 32.2. The van der Waals surface area contributed by atoms with Crippen molar-refractivity contribution in [3.05, 3.63) is 0 Å². The van der Waals surface area contributed by atoms with Crippen LogP contribution < -0.4 is 10.2 Å². The number of aromatic nitrogens is 2. The molecule has 0 spiro atoms. The van der Waals surface area contributed by atoms with Crippen molar-refractivity contribution < 1.29 is 19.1 Å². The maximum absolute atomic E-state index is 12.2. The van der Waals surface area contributed by atoms with Crippen LogP contribution in [0.15, 0.2) is 4.34 Å². The van der Waals surface area contributed by atoms with E-state index in [1.807, 2.05) is 13.8 Å². The lowest BCUT2D eigenvalue weighted by Gasteiger charge is -2.34. The highest BCUT2D eigenvalue weighted by Gasteiger charge is 2.24. The van der Waals surface area contributed by atoms with Crippen LogP contribution in [0.1, 0.15) is 33.6 Å². The minimum absolute atomic E-state index is 0.0216. The van der Waals surface area contributed by atoms with Crippen LogP contribution in [0.25, 0.3) is 0 Å². The van der Waals surface area contributed by atoms with E-state index in [2.05, 4.69) is 20.4 Å². The molecule has 2 amide bonds. The highest BCUT2D eigenvalue weighted by Crippen LogP contribution is 2.28. The normalized spacial score (nSPS) is 14.3. The van der Waals surface area contributed by atoms with E-state index in [4.69, 9.17) is 4.74 Å². The van der Waals surface area contributed by atoms with Crippen molar-refractivity contribution in [2.24, 2.45) is 0 Å². The van der Waals surface area contributed by atoms with Gasteiger partial charge in [-0.05, 0) is 20.8 Å². The van der Waals surface area contributed by atoms with Gasteiger partial charge in [-0.15, -0.1) is 10.2 Å². The van der Waals surface area contributed by atoms with Crippen molar-refractivity contribution >= 4 is 46.0 Å². The zero-order valence-electron chi connectivity index (χ0n) is 16.5. The van der Waals surface area contributed by atoms with Gasteiger partial charge in [-0.25, -0.2) is 0 Å². The van der Waals surface area contributed by atoms with Gasteiger partial charge in [0.25, 0.3) is 0 Å². The van der Waals surface area contributed by atoms with Crippen LogP contribution in [0.2, 0.25) is 0 Å². The minimum Gasteiger partial charge on any atom is -0.466 e. The second-order valence-electron chi connectivity index (χ2n) is 6.53. The number of esters is 1. The second kappa shape index (κ2) is 11.2. The van der Waals surface area contributed by atoms with Gasteiger partial charge in [-0.2, -0.15) is 0 Å². The number of nitrogens with zero attached hydrogens (tertiary/aromatic N) is 4. The van der Waals surface area contributed by atoms with Crippen molar-refractivity contribution in [3.8, 4) is 0 Å². The van der Waals surface area contributed by atoms with Crippen LogP contribution in [-0.4, -0.2) is 77.5 Å². The molecule has 1 aromatic rings. The molecule has 0 saturated carbocycles. The van der Waals surface area contributed by atoms with Crippen molar-refractivity contribution in [2.75, 3.05) is 43.4 Å². The molecule has 9 nitrogen and oxygen atoms in total. The van der Waals surface area contributed by atoms with Gasteiger partial charge in [0.05, 0.1) is 18.8 Å². The molecule has 1 saturated heterocycles. The van der Waals surface area contributed by atoms with E-state index in [1.54, 1.807) is 11.8 Å². The number of thioether (sulfide) groups is 1. The summed E-state index contributed by atoms with van der Waals surface area (Å²) in [5.41, 5.74) is 0. The first-order valence-electron chi connectivity index (χ1n) is 9.33. The Hall–Kier alpha value is -1.88. The summed E-state index contributed by atoms with van der Waals surface area (Å²) in [6.45, 7) is 8.42. The molecule has 0 bridgehead atoms. The van der Waals surface area contributed by atoms with E-state index in [0.717, 1.165) is 9.47 Å². The molecule has 2 rings (SSSR count). The summed E-state index contributed by atoms with van der Waals surface area (Å²) in [5, 5.41) is 12.0.